The summed E-state index contributed by atoms with van der Waals surface area (Å²) >= 11 is 0. The van der Waals surface area contributed by atoms with Crippen LogP contribution >= 0.6 is 0 Å². The molecule has 0 aromatic rings. The second-order valence-electron chi connectivity index (χ2n) is 8.82. The number of hydrogen-bond donors (Lipinski definition) is 0. The Morgan fingerprint density at radius 1 is 1.39 bits per heavy atom. The number of ether oxygens (including phenoxy) is 1. The molecule has 4 nitrogen and oxygen atoms in total. The number of esters is 1. The van der Waals surface area contributed by atoms with Crippen molar-refractivity contribution in [3.63, 3.8) is 0 Å². The summed E-state index contributed by atoms with van der Waals surface area (Å²) in [4.78, 5) is 16.9. The van der Waals surface area contributed by atoms with E-state index in [4.69, 9.17) is 9.16 Å². The third-order valence-electron chi connectivity index (χ3n) is 6.08. The molecule has 0 unspecified atom stereocenters. The van der Waals surface area contributed by atoms with Gasteiger partial charge in [-0.2, -0.15) is 0 Å². The van der Waals surface area contributed by atoms with Gasteiger partial charge in [-0.25, -0.2) is 4.79 Å². The van der Waals surface area contributed by atoms with Crippen molar-refractivity contribution >= 4 is 20.0 Å². The van der Waals surface area contributed by atoms with Crippen molar-refractivity contribution in [2.75, 3.05) is 6.61 Å². The third-order valence-corrected chi connectivity index (χ3v) is 10.7. The van der Waals surface area contributed by atoms with Crippen LogP contribution in [0.25, 0.3) is 0 Å². The first-order valence-corrected chi connectivity index (χ1v) is 11.7. The van der Waals surface area contributed by atoms with Gasteiger partial charge in [0.05, 0.1) is 12.2 Å². The Hall–Kier alpha value is -0.683. The minimum Gasteiger partial charge on any atom is -0.464 e. The lowest BCUT2D eigenvalue weighted by Gasteiger charge is -2.45. The maximum atomic E-state index is 12.2. The third kappa shape index (κ3) is 3.27. The minimum absolute atomic E-state index is 0.170. The van der Waals surface area contributed by atoms with Gasteiger partial charge < -0.3 is 9.16 Å². The van der Waals surface area contributed by atoms with E-state index in [9.17, 15) is 4.79 Å². The van der Waals surface area contributed by atoms with Gasteiger partial charge in [0, 0.05) is 17.5 Å². The Morgan fingerprint density at radius 2 is 2.00 bits per heavy atom. The molecule has 4 atom stereocenters. The van der Waals surface area contributed by atoms with E-state index < -0.39 is 8.32 Å². The largest absolute Gasteiger partial charge is 0.464 e. The highest BCUT2D eigenvalue weighted by Gasteiger charge is 2.57. The van der Waals surface area contributed by atoms with E-state index in [1.54, 1.807) is 0 Å². The molecule has 1 aliphatic carbocycles. The zero-order valence-electron chi connectivity index (χ0n) is 16.0. The van der Waals surface area contributed by atoms with Gasteiger partial charge in [-0.05, 0) is 51.7 Å². The van der Waals surface area contributed by atoms with E-state index in [-0.39, 0.29) is 34.5 Å². The molecule has 0 amide bonds. The Labute approximate surface area is 142 Å². The molecule has 5 heteroatoms. The quantitative estimate of drug-likeness (QED) is 0.570. The molecule has 0 N–H and O–H groups in total. The molecule has 1 heterocycles. The average Bonchev–Trinajstić information content (AvgIpc) is 2.88. The molecule has 0 aromatic carbocycles. The molecule has 0 radical (unpaired) electrons. The molecule has 0 spiro atoms. The molecule has 1 fully saturated rings. The molecule has 0 aromatic heterocycles. The normalized spacial score (nSPS) is 34.3. The molecule has 2 rings (SSSR count). The van der Waals surface area contributed by atoms with Crippen LogP contribution in [0.1, 0.15) is 54.4 Å². The molecule has 2 aliphatic rings. The molecule has 1 saturated carbocycles. The molecular weight excluding hydrogens is 306 g/mol. The fraction of sp³-hybridized carbons (Fsp3) is 0.889. The van der Waals surface area contributed by atoms with E-state index in [2.05, 4.69) is 52.7 Å². The number of nitrogens with zero attached hydrogens (tertiary/aromatic N) is 1. The van der Waals surface area contributed by atoms with Crippen molar-refractivity contribution in [2.24, 2.45) is 16.8 Å². The van der Waals surface area contributed by atoms with Crippen LogP contribution in [-0.2, 0) is 14.0 Å². The van der Waals surface area contributed by atoms with Gasteiger partial charge in [0.2, 0.25) is 0 Å². The van der Waals surface area contributed by atoms with Gasteiger partial charge in [-0.3, -0.25) is 4.99 Å². The van der Waals surface area contributed by atoms with Crippen LogP contribution < -0.4 is 0 Å². The smallest absolute Gasteiger partial charge is 0.331 e. The van der Waals surface area contributed by atoms with Crippen LogP contribution in [0.4, 0.5) is 0 Å². The highest BCUT2D eigenvalue weighted by Crippen LogP contribution is 2.52. The van der Waals surface area contributed by atoms with Crippen molar-refractivity contribution in [1.82, 2.24) is 0 Å². The monoisotopic (exact) mass is 339 g/mol. The summed E-state index contributed by atoms with van der Waals surface area (Å²) in [5.41, 5.74) is 0.856. The summed E-state index contributed by atoms with van der Waals surface area (Å²) in [7, 11) is -1.87. The van der Waals surface area contributed by atoms with Gasteiger partial charge in [0.1, 0.15) is 0 Å². The van der Waals surface area contributed by atoms with Gasteiger partial charge >= 0.3 is 5.97 Å². The second kappa shape index (κ2) is 5.99. The van der Waals surface area contributed by atoms with Gasteiger partial charge in [0.15, 0.2) is 14.4 Å². The minimum atomic E-state index is -1.87. The van der Waals surface area contributed by atoms with Crippen molar-refractivity contribution in [1.29, 1.82) is 0 Å². The lowest BCUT2D eigenvalue weighted by Crippen LogP contribution is -2.51. The average molecular weight is 340 g/mol. The Bertz CT molecular complexity index is 509. The van der Waals surface area contributed by atoms with Crippen LogP contribution in [0, 0.1) is 11.8 Å². The maximum Gasteiger partial charge on any atom is 0.331 e. The highest BCUT2D eigenvalue weighted by molar-refractivity contribution is 6.74. The Balaban J connectivity index is 2.23. The topological polar surface area (TPSA) is 47.9 Å². The van der Waals surface area contributed by atoms with Crippen LogP contribution in [0.5, 0.6) is 0 Å². The summed E-state index contributed by atoms with van der Waals surface area (Å²) in [6.45, 7) is 18.0. The molecule has 0 bridgehead atoms. The maximum absolute atomic E-state index is 12.2. The van der Waals surface area contributed by atoms with Crippen LogP contribution in [0.2, 0.25) is 18.1 Å². The Morgan fingerprint density at radius 3 is 2.52 bits per heavy atom. The van der Waals surface area contributed by atoms with E-state index in [1.165, 1.54) is 0 Å². The number of hydrogen-bond acceptors (Lipinski definition) is 4. The highest BCUT2D eigenvalue weighted by atomic mass is 28.4. The zero-order valence-corrected chi connectivity index (χ0v) is 17.0. The lowest BCUT2D eigenvalue weighted by molar-refractivity contribution is -0.145. The molecule has 0 saturated heterocycles. The number of fused-ring (bicyclic) bond motifs is 1. The fourth-order valence-corrected chi connectivity index (χ4v) is 5.72. The van der Waals surface area contributed by atoms with Crippen molar-refractivity contribution < 1.29 is 14.0 Å². The summed E-state index contributed by atoms with van der Waals surface area (Å²) in [6, 6.07) is -0.329. The summed E-state index contributed by atoms with van der Waals surface area (Å²) in [6.07, 6.45) is 1.98. The Kier molecular flexibility index (Phi) is 4.86. The molecule has 23 heavy (non-hydrogen) atoms. The molecule has 132 valence electrons. The summed E-state index contributed by atoms with van der Waals surface area (Å²) in [5.74, 6) is 0.311. The van der Waals surface area contributed by atoms with E-state index in [1.807, 2.05) is 6.92 Å². The summed E-state index contributed by atoms with van der Waals surface area (Å²) < 4.78 is 12.1. The van der Waals surface area contributed by atoms with Crippen molar-refractivity contribution in [2.45, 2.75) is 84.2 Å². The number of carbonyl (C=O) groups excluding carboxylic acids is 1. The van der Waals surface area contributed by atoms with Crippen LogP contribution in [-0.4, -0.2) is 38.2 Å². The predicted octanol–water partition coefficient (Wildman–Crippen LogP) is 4.20. The number of rotatable bonds is 4. The standard InChI is InChI=1S/C18H33NO3Si/c1-9-21-16(20)15-13-10-11-18(6,14(13)12(2)19-15)22-23(7,8)17(3,4)5/h13-15H,9-11H2,1-8H3/t13-,14-,15-,18+/m0/s1. The first-order valence-electron chi connectivity index (χ1n) is 8.84. The summed E-state index contributed by atoms with van der Waals surface area (Å²) in [5, 5.41) is 0.179. The lowest BCUT2D eigenvalue weighted by atomic mass is 9.83. The predicted molar refractivity (Wildman–Crippen MR) is 96.4 cm³/mol. The van der Waals surface area contributed by atoms with Crippen LogP contribution in [0.3, 0.4) is 0 Å². The number of carbonyl (C=O) groups is 1. The van der Waals surface area contributed by atoms with Gasteiger partial charge in [-0.15, -0.1) is 0 Å². The zero-order chi connectivity index (χ0) is 17.6. The second-order valence-corrected chi connectivity index (χ2v) is 13.5. The fourth-order valence-electron chi connectivity index (χ4n) is 4.02. The molecular formula is C18H33NO3Si. The van der Waals surface area contributed by atoms with E-state index >= 15 is 0 Å². The first-order chi connectivity index (χ1) is 10.4. The van der Waals surface area contributed by atoms with Crippen molar-refractivity contribution in [3.8, 4) is 0 Å². The van der Waals surface area contributed by atoms with Gasteiger partial charge in [0.25, 0.3) is 0 Å². The SMILES string of the molecule is CCOC(=O)[C@H]1N=C(C)[C@H]2[C@@H]1CC[C@@]2(C)O[Si](C)(C)C(C)(C)C. The van der Waals surface area contributed by atoms with E-state index in [0.29, 0.717) is 6.61 Å². The number of aliphatic imine (C=N–C) groups is 1. The van der Waals surface area contributed by atoms with Crippen molar-refractivity contribution in [3.05, 3.63) is 0 Å². The molecule has 1 aliphatic heterocycles. The first kappa shape index (κ1) is 18.7. The van der Waals surface area contributed by atoms with E-state index in [0.717, 1.165) is 18.6 Å². The van der Waals surface area contributed by atoms with Gasteiger partial charge in [-0.1, -0.05) is 20.8 Å². The van der Waals surface area contributed by atoms with Crippen LogP contribution in [0.15, 0.2) is 4.99 Å².